The molecule has 7 heterocycles. The quantitative estimate of drug-likeness (QED) is 0.147. The van der Waals surface area contributed by atoms with Gasteiger partial charge in [-0.25, -0.2) is 0 Å². The van der Waals surface area contributed by atoms with E-state index in [0.29, 0.717) is 30.2 Å². The second kappa shape index (κ2) is 15.5. The zero-order chi connectivity index (χ0) is 39.4. The highest BCUT2D eigenvalue weighted by molar-refractivity contribution is 7.15. The van der Waals surface area contributed by atoms with E-state index in [1.807, 2.05) is 36.1 Å². The van der Waals surface area contributed by atoms with Gasteiger partial charge in [-0.05, 0) is 83.4 Å². The Morgan fingerprint density at radius 3 is 2.60 bits per heavy atom. The highest BCUT2D eigenvalue weighted by Crippen LogP contribution is 2.42. The molecule has 4 aliphatic heterocycles. The molecule has 0 spiro atoms. The van der Waals surface area contributed by atoms with Crippen molar-refractivity contribution in [1.82, 2.24) is 39.7 Å². The molecule has 4 aromatic rings. The summed E-state index contributed by atoms with van der Waals surface area (Å²) in [6.07, 6.45) is 10.3. The predicted molar refractivity (Wildman–Crippen MR) is 216 cm³/mol. The average Bonchev–Trinajstić information content (AvgIpc) is 3.97. The number of benzene rings is 1. The van der Waals surface area contributed by atoms with Crippen molar-refractivity contribution >= 4 is 46.4 Å². The van der Waals surface area contributed by atoms with Gasteiger partial charge in [0, 0.05) is 65.9 Å². The molecule has 0 bridgehead atoms. The van der Waals surface area contributed by atoms with E-state index in [-0.39, 0.29) is 35.8 Å². The number of amides is 3. The van der Waals surface area contributed by atoms with E-state index < -0.39 is 11.9 Å². The third-order valence-electron chi connectivity index (χ3n) is 12.2. The number of aromatic nitrogens is 5. The number of aliphatic imine (C=N–C) groups is 1. The molecule has 1 aromatic carbocycles. The number of hydrogen-bond acceptors (Lipinski definition) is 10. The topological polar surface area (TPSA) is 140 Å². The first kappa shape index (κ1) is 37.7. The Kier molecular flexibility index (Phi) is 10.3. The number of nitrogens with zero attached hydrogens (tertiary/aromatic N) is 8. The van der Waals surface area contributed by atoms with Gasteiger partial charge in [-0.1, -0.05) is 17.9 Å². The fourth-order valence-corrected chi connectivity index (χ4v) is 10.4. The van der Waals surface area contributed by atoms with Gasteiger partial charge in [0.05, 0.1) is 29.7 Å². The van der Waals surface area contributed by atoms with Crippen LogP contribution in [-0.4, -0.2) is 94.9 Å². The SMILES string of the molecule is Cc1c(C#Cc2cnn(CCN3CCC(Oc4cccc5c4CN(C4CCC(=O)NC4=O)C5=O)CC3)c2)sc2c1C(C1CCC(Cl)CC1)=N[C@@H](C)c1nnc(C)n1-2. The molecule has 1 N–H and O–H groups in total. The lowest BCUT2D eigenvalue weighted by Crippen LogP contribution is -2.52. The summed E-state index contributed by atoms with van der Waals surface area (Å²) < 4.78 is 10.6. The second-order valence-corrected chi connectivity index (χ2v) is 17.5. The first-order valence-corrected chi connectivity index (χ1v) is 21.3. The molecule has 57 heavy (non-hydrogen) atoms. The molecule has 3 amide bonds. The van der Waals surface area contributed by atoms with Crippen molar-refractivity contribution in [2.45, 2.75) is 109 Å². The third-order valence-corrected chi connectivity index (χ3v) is 13.8. The van der Waals surface area contributed by atoms with Crippen LogP contribution in [0.2, 0.25) is 0 Å². The zero-order valence-corrected chi connectivity index (χ0v) is 34.0. The van der Waals surface area contributed by atoms with Crippen LogP contribution < -0.4 is 10.1 Å². The van der Waals surface area contributed by atoms with E-state index in [2.05, 4.69) is 55.8 Å². The van der Waals surface area contributed by atoms with Crippen LogP contribution in [0.15, 0.2) is 35.6 Å². The van der Waals surface area contributed by atoms with E-state index in [9.17, 15) is 14.4 Å². The van der Waals surface area contributed by atoms with Gasteiger partial charge in [-0.2, -0.15) is 5.10 Å². The van der Waals surface area contributed by atoms with Crippen molar-refractivity contribution in [3.63, 3.8) is 0 Å². The number of ether oxygens (including phenoxy) is 1. The summed E-state index contributed by atoms with van der Waals surface area (Å²) >= 11 is 8.20. The van der Waals surface area contributed by atoms with Crippen LogP contribution in [-0.2, 0) is 22.7 Å². The number of aryl methyl sites for hydroxylation is 1. The number of nitrogens with one attached hydrogen (secondary N) is 1. The summed E-state index contributed by atoms with van der Waals surface area (Å²) in [6.45, 7) is 9.98. The number of halogens is 1. The third kappa shape index (κ3) is 7.30. The lowest BCUT2D eigenvalue weighted by atomic mass is 9.82. The molecule has 3 fully saturated rings. The van der Waals surface area contributed by atoms with Crippen LogP contribution >= 0.6 is 22.9 Å². The van der Waals surface area contributed by atoms with Crippen molar-refractivity contribution in [3.8, 4) is 22.6 Å². The summed E-state index contributed by atoms with van der Waals surface area (Å²) in [7, 11) is 0. The number of carbonyl (C=O) groups is 3. The number of hydrogen-bond donors (Lipinski definition) is 1. The van der Waals surface area contributed by atoms with Gasteiger partial charge in [0.1, 0.15) is 34.8 Å². The van der Waals surface area contributed by atoms with E-state index in [4.69, 9.17) is 21.3 Å². The molecule has 13 nitrogen and oxygen atoms in total. The molecule has 1 aliphatic carbocycles. The minimum atomic E-state index is -0.647. The molecule has 15 heteroatoms. The van der Waals surface area contributed by atoms with Crippen LogP contribution in [0.25, 0.3) is 5.00 Å². The molecule has 0 radical (unpaired) electrons. The molecular formula is C42H46ClN9O4S. The van der Waals surface area contributed by atoms with Gasteiger partial charge in [0.25, 0.3) is 5.91 Å². The van der Waals surface area contributed by atoms with Crippen LogP contribution in [0, 0.1) is 31.6 Å². The minimum Gasteiger partial charge on any atom is -0.490 e. The van der Waals surface area contributed by atoms with Crippen molar-refractivity contribution < 1.29 is 19.1 Å². The number of carbonyl (C=O) groups excluding carboxylic acids is 3. The van der Waals surface area contributed by atoms with Crippen LogP contribution in [0.4, 0.5) is 0 Å². The maximum Gasteiger partial charge on any atom is 0.255 e. The minimum absolute atomic E-state index is 0.0294. The van der Waals surface area contributed by atoms with Crippen molar-refractivity contribution in [2.24, 2.45) is 10.9 Å². The molecule has 9 rings (SSSR count). The van der Waals surface area contributed by atoms with Gasteiger partial charge in [0.15, 0.2) is 5.82 Å². The van der Waals surface area contributed by atoms with E-state index in [1.54, 1.807) is 22.3 Å². The normalized spacial score (nSPS) is 23.9. The standard InChI is InChI=1S/C42H46ClN9O4S/c1-24-35(57-42-37(24)38(28-8-10-29(43)11-9-28)45-25(2)39-48-47-26(3)52(39)42)13-7-27-21-44-50(22-27)20-19-49-17-15-30(16-18-49)56-34-6-4-5-31-32(34)23-51(41(31)55)33-12-14-36(53)46-40(33)54/h4-6,21-22,25,28-30,33H,8-12,14-20,23H2,1-3H3,(H,46,53,54)/t25-,28?,29?,33?/m0/s1. The fraction of sp³-hybridized carbons (Fsp3) is 0.500. The van der Waals surface area contributed by atoms with Crippen molar-refractivity contribution in [2.75, 3.05) is 19.6 Å². The number of likely N-dealkylation sites (tertiary alicyclic amines) is 1. The smallest absolute Gasteiger partial charge is 0.255 e. The molecule has 5 aliphatic rings. The van der Waals surface area contributed by atoms with E-state index >= 15 is 0 Å². The molecule has 3 aromatic heterocycles. The Bertz CT molecular complexity index is 2340. The zero-order valence-electron chi connectivity index (χ0n) is 32.5. The molecule has 1 unspecified atom stereocenters. The summed E-state index contributed by atoms with van der Waals surface area (Å²) in [5, 5.41) is 17.3. The summed E-state index contributed by atoms with van der Waals surface area (Å²) in [5.74, 6) is 8.76. The highest BCUT2D eigenvalue weighted by Gasteiger charge is 2.41. The summed E-state index contributed by atoms with van der Waals surface area (Å²) in [6, 6.07) is 4.80. The van der Waals surface area contributed by atoms with Gasteiger partial charge in [-0.15, -0.1) is 33.1 Å². The molecule has 1 saturated carbocycles. The van der Waals surface area contributed by atoms with Crippen LogP contribution in [0.5, 0.6) is 5.75 Å². The van der Waals surface area contributed by atoms with Crippen molar-refractivity contribution in [1.29, 1.82) is 0 Å². The predicted octanol–water partition coefficient (Wildman–Crippen LogP) is 5.51. The summed E-state index contributed by atoms with van der Waals surface area (Å²) in [5.41, 5.74) is 5.75. The van der Waals surface area contributed by atoms with Crippen molar-refractivity contribution in [3.05, 3.63) is 74.9 Å². The van der Waals surface area contributed by atoms with E-state index in [1.165, 1.54) is 5.56 Å². The number of alkyl halides is 1. The molecule has 2 saturated heterocycles. The molecular weight excluding hydrogens is 762 g/mol. The molecule has 296 valence electrons. The first-order valence-electron chi connectivity index (χ1n) is 20.1. The largest absolute Gasteiger partial charge is 0.490 e. The Morgan fingerprint density at radius 1 is 1.00 bits per heavy atom. The van der Waals surface area contributed by atoms with Gasteiger partial charge >= 0.3 is 0 Å². The number of fused-ring (bicyclic) bond motifs is 4. The van der Waals surface area contributed by atoms with Gasteiger partial charge in [0.2, 0.25) is 11.8 Å². The number of rotatable bonds is 7. The maximum atomic E-state index is 13.3. The van der Waals surface area contributed by atoms with Crippen LogP contribution in [0.3, 0.4) is 0 Å². The van der Waals surface area contributed by atoms with Gasteiger partial charge in [-0.3, -0.25) is 33.9 Å². The van der Waals surface area contributed by atoms with Gasteiger partial charge < -0.3 is 14.5 Å². The lowest BCUT2D eigenvalue weighted by Gasteiger charge is -2.32. The number of piperidine rings is 2. The summed E-state index contributed by atoms with van der Waals surface area (Å²) in [4.78, 5) is 47.7. The Hall–Kier alpha value is -4.84. The first-order chi connectivity index (χ1) is 27.6. The molecule has 2 atom stereocenters. The second-order valence-electron chi connectivity index (χ2n) is 15.9. The Morgan fingerprint density at radius 2 is 1.81 bits per heavy atom. The Labute approximate surface area is 340 Å². The number of thiophene rings is 1. The monoisotopic (exact) mass is 807 g/mol. The lowest BCUT2D eigenvalue weighted by molar-refractivity contribution is -0.136. The Balaban J connectivity index is 0.819. The maximum absolute atomic E-state index is 13.3. The fourth-order valence-electron chi connectivity index (χ4n) is 8.96. The highest BCUT2D eigenvalue weighted by atomic mass is 35.5. The van der Waals surface area contributed by atoms with Crippen LogP contribution in [0.1, 0.15) is 113 Å². The average molecular weight is 808 g/mol. The van der Waals surface area contributed by atoms with E-state index in [0.717, 1.165) is 109 Å². The number of imide groups is 1.